The molecule has 2 aliphatic rings. The van der Waals surface area contributed by atoms with Crippen LogP contribution < -0.4 is 5.32 Å². The zero-order valence-corrected chi connectivity index (χ0v) is 11.8. The number of nitrogens with one attached hydrogen (secondary N) is 1. The Balaban J connectivity index is 1.84. The quantitative estimate of drug-likeness (QED) is 0.848. The fourth-order valence-corrected chi connectivity index (χ4v) is 3.37. The smallest absolute Gasteiger partial charge is 0.343 e. The van der Waals surface area contributed by atoms with Crippen LogP contribution in [0.4, 0.5) is 13.2 Å². The lowest BCUT2D eigenvalue weighted by molar-refractivity contribution is -0.149. The molecule has 0 aliphatic carbocycles. The summed E-state index contributed by atoms with van der Waals surface area (Å²) in [7, 11) is 0. The van der Waals surface area contributed by atoms with E-state index in [-0.39, 0.29) is 5.91 Å². The van der Waals surface area contributed by atoms with E-state index in [1.807, 2.05) is 0 Å². The van der Waals surface area contributed by atoms with Gasteiger partial charge in [-0.2, -0.15) is 13.2 Å². The molecule has 2 aliphatic heterocycles. The number of alkyl halides is 3. The van der Waals surface area contributed by atoms with Crippen molar-refractivity contribution in [2.75, 3.05) is 26.2 Å². The predicted octanol–water partition coefficient (Wildman–Crippen LogP) is 2.71. The average Bonchev–Trinajstić information content (AvgIpc) is 2.59. The van der Waals surface area contributed by atoms with E-state index in [2.05, 4.69) is 5.32 Å². The molecule has 1 spiro atoms. The van der Waals surface area contributed by atoms with E-state index in [4.69, 9.17) is 0 Å². The second-order valence-electron chi connectivity index (χ2n) is 6.10. The van der Waals surface area contributed by atoms with Gasteiger partial charge >= 0.3 is 6.18 Å². The van der Waals surface area contributed by atoms with Crippen LogP contribution in [-0.2, 0) is 4.79 Å². The Morgan fingerprint density at radius 3 is 2.45 bits per heavy atom. The van der Waals surface area contributed by atoms with Gasteiger partial charge in [-0.25, -0.2) is 0 Å². The molecule has 20 heavy (non-hydrogen) atoms. The van der Waals surface area contributed by atoms with Crippen LogP contribution in [0.1, 0.15) is 44.9 Å². The molecule has 1 N–H and O–H groups in total. The highest BCUT2D eigenvalue weighted by Crippen LogP contribution is 2.39. The first kappa shape index (κ1) is 15.6. The van der Waals surface area contributed by atoms with Gasteiger partial charge in [-0.1, -0.05) is 0 Å². The van der Waals surface area contributed by atoms with Gasteiger partial charge in [0, 0.05) is 19.5 Å². The second-order valence-corrected chi connectivity index (χ2v) is 6.10. The van der Waals surface area contributed by atoms with Gasteiger partial charge in [0.05, 0.1) is 6.42 Å². The maximum absolute atomic E-state index is 12.2. The number of hydrogen-bond acceptors (Lipinski definition) is 2. The van der Waals surface area contributed by atoms with E-state index in [0.717, 1.165) is 45.2 Å². The predicted molar refractivity (Wildman–Crippen MR) is 70.3 cm³/mol. The van der Waals surface area contributed by atoms with Gasteiger partial charge in [0.25, 0.3) is 0 Å². The molecule has 0 unspecified atom stereocenters. The lowest BCUT2D eigenvalue weighted by Crippen LogP contribution is -2.38. The third-order valence-corrected chi connectivity index (χ3v) is 4.69. The van der Waals surface area contributed by atoms with Crippen LogP contribution in [-0.4, -0.2) is 43.2 Å². The summed E-state index contributed by atoms with van der Waals surface area (Å²) >= 11 is 0. The zero-order valence-electron chi connectivity index (χ0n) is 11.8. The number of halogens is 3. The number of likely N-dealkylation sites (tertiary alicyclic amines) is 1. The summed E-state index contributed by atoms with van der Waals surface area (Å²) in [4.78, 5) is 13.5. The first-order valence-electron chi connectivity index (χ1n) is 7.46. The van der Waals surface area contributed by atoms with E-state index < -0.39 is 19.0 Å². The lowest BCUT2D eigenvalue weighted by atomic mass is 9.73. The van der Waals surface area contributed by atoms with Gasteiger partial charge in [0.15, 0.2) is 0 Å². The maximum Gasteiger partial charge on any atom is 0.389 e. The van der Waals surface area contributed by atoms with Gasteiger partial charge in [-0.15, -0.1) is 0 Å². The number of rotatable bonds is 2. The second kappa shape index (κ2) is 6.33. The van der Waals surface area contributed by atoms with Crippen LogP contribution in [0.25, 0.3) is 0 Å². The molecule has 2 fully saturated rings. The Morgan fingerprint density at radius 2 is 1.80 bits per heavy atom. The molecule has 0 radical (unpaired) electrons. The van der Waals surface area contributed by atoms with E-state index in [9.17, 15) is 18.0 Å². The highest BCUT2D eigenvalue weighted by Gasteiger charge is 2.35. The highest BCUT2D eigenvalue weighted by molar-refractivity contribution is 5.76. The van der Waals surface area contributed by atoms with Gasteiger partial charge in [0.1, 0.15) is 0 Å². The van der Waals surface area contributed by atoms with Crippen LogP contribution in [0, 0.1) is 5.41 Å². The van der Waals surface area contributed by atoms with Crippen LogP contribution in [0.2, 0.25) is 0 Å². The normalized spacial score (nSPS) is 23.6. The number of amides is 1. The summed E-state index contributed by atoms with van der Waals surface area (Å²) in [5, 5.41) is 3.34. The largest absolute Gasteiger partial charge is 0.389 e. The molecule has 3 nitrogen and oxygen atoms in total. The molecule has 2 heterocycles. The Hall–Kier alpha value is -0.780. The molecule has 0 atom stereocenters. The lowest BCUT2D eigenvalue weighted by Gasteiger charge is -2.37. The first-order chi connectivity index (χ1) is 9.40. The maximum atomic E-state index is 12.2. The number of carbonyl (C=O) groups is 1. The fraction of sp³-hybridized carbons (Fsp3) is 0.929. The zero-order chi connectivity index (χ0) is 14.6. The van der Waals surface area contributed by atoms with Crippen molar-refractivity contribution in [3.8, 4) is 0 Å². The Bertz CT molecular complexity index is 338. The van der Waals surface area contributed by atoms with Crippen LogP contribution in [0.5, 0.6) is 0 Å². The summed E-state index contributed by atoms with van der Waals surface area (Å²) in [6.07, 6.45) is -0.454. The van der Waals surface area contributed by atoms with Crippen LogP contribution >= 0.6 is 0 Å². The van der Waals surface area contributed by atoms with Gasteiger partial charge in [-0.3, -0.25) is 4.79 Å². The van der Waals surface area contributed by atoms with E-state index in [0.29, 0.717) is 18.5 Å². The Labute approximate surface area is 117 Å². The summed E-state index contributed by atoms with van der Waals surface area (Å²) in [5.41, 5.74) is 0.310. The van der Waals surface area contributed by atoms with Crippen LogP contribution in [0.15, 0.2) is 0 Å². The van der Waals surface area contributed by atoms with Crippen molar-refractivity contribution in [3.05, 3.63) is 0 Å². The molecule has 116 valence electrons. The van der Waals surface area contributed by atoms with Crippen molar-refractivity contribution in [1.82, 2.24) is 10.2 Å². The standard InChI is InChI=1S/C14H23F3N2O/c15-14(16,17)4-2-12(20)19-10-1-3-13(7-11-19)5-8-18-9-6-13/h18H,1-11H2. The third-order valence-electron chi connectivity index (χ3n) is 4.69. The van der Waals surface area contributed by atoms with Crippen molar-refractivity contribution < 1.29 is 18.0 Å². The molecular formula is C14H23F3N2O. The topological polar surface area (TPSA) is 32.3 Å². The molecule has 6 heteroatoms. The van der Waals surface area contributed by atoms with E-state index in [1.165, 1.54) is 0 Å². The van der Waals surface area contributed by atoms with Crippen molar-refractivity contribution in [2.45, 2.75) is 51.1 Å². The number of piperidine rings is 1. The molecule has 0 aromatic heterocycles. The summed E-state index contributed by atoms with van der Waals surface area (Å²) < 4.78 is 36.5. The highest BCUT2D eigenvalue weighted by atomic mass is 19.4. The SMILES string of the molecule is O=C(CCC(F)(F)F)N1CCCC2(CCNCC2)CC1. The van der Waals surface area contributed by atoms with Crippen molar-refractivity contribution >= 4 is 5.91 Å². The third kappa shape index (κ3) is 4.36. The molecular weight excluding hydrogens is 269 g/mol. The summed E-state index contributed by atoms with van der Waals surface area (Å²) in [5.74, 6) is -0.340. The number of carbonyl (C=O) groups excluding carboxylic acids is 1. The monoisotopic (exact) mass is 292 g/mol. The summed E-state index contributed by atoms with van der Waals surface area (Å²) in [6.45, 7) is 3.27. The molecule has 2 rings (SSSR count). The molecule has 0 bridgehead atoms. The number of nitrogens with zero attached hydrogens (tertiary/aromatic N) is 1. The average molecular weight is 292 g/mol. The van der Waals surface area contributed by atoms with Crippen molar-refractivity contribution in [1.29, 1.82) is 0 Å². The van der Waals surface area contributed by atoms with Crippen molar-refractivity contribution in [3.63, 3.8) is 0 Å². The molecule has 2 saturated heterocycles. The van der Waals surface area contributed by atoms with Gasteiger partial charge < -0.3 is 10.2 Å². The molecule has 1 amide bonds. The minimum Gasteiger partial charge on any atom is -0.343 e. The fourth-order valence-electron chi connectivity index (χ4n) is 3.37. The summed E-state index contributed by atoms with van der Waals surface area (Å²) in [6, 6.07) is 0. The number of hydrogen-bond donors (Lipinski definition) is 1. The minimum absolute atomic E-state index is 0.310. The molecule has 0 aromatic rings. The molecule has 0 saturated carbocycles. The Morgan fingerprint density at radius 1 is 1.10 bits per heavy atom. The van der Waals surface area contributed by atoms with E-state index >= 15 is 0 Å². The molecule has 0 aromatic carbocycles. The first-order valence-corrected chi connectivity index (χ1v) is 7.46. The minimum atomic E-state index is -4.24. The van der Waals surface area contributed by atoms with E-state index in [1.54, 1.807) is 4.90 Å². The van der Waals surface area contributed by atoms with Crippen molar-refractivity contribution in [2.24, 2.45) is 5.41 Å². The van der Waals surface area contributed by atoms with Gasteiger partial charge in [-0.05, 0) is 50.6 Å². The van der Waals surface area contributed by atoms with Gasteiger partial charge in [0.2, 0.25) is 5.91 Å². The Kier molecular flexibility index (Phi) is 4.94. The van der Waals surface area contributed by atoms with Crippen LogP contribution in [0.3, 0.4) is 0 Å².